The highest BCUT2D eigenvalue weighted by molar-refractivity contribution is 6.42. The summed E-state index contributed by atoms with van der Waals surface area (Å²) >= 11 is 11.8. The van der Waals surface area contributed by atoms with Crippen LogP contribution in [0.1, 0.15) is 5.56 Å². The Kier molecular flexibility index (Phi) is 3.03. The predicted molar refractivity (Wildman–Crippen MR) is 68.8 cm³/mol. The van der Waals surface area contributed by atoms with E-state index in [0.717, 1.165) is 16.7 Å². The molecule has 1 aromatic carbocycles. The molecule has 1 aromatic heterocycles. The Labute approximate surface area is 104 Å². The van der Waals surface area contributed by atoms with Crippen LogP contribution in [-0.4, -0.2) is 4.98 Å². The van der Waals surface area contributed by atoms with Crippen LogP contribution in [0.15, 0.2) is 30.5 Å². The summed E-state index contributed by atoms with van der Waals surface area (Å²) in [6, 6.07) is 7.34. The molecule has 0 bridgehead atoms. The van der Waals surface area contributed by atoms with Crippen LogP contribution in [0, 0.1) is 6.92 Å². The molecule has 4 heteroatoms. The van der Waals surface area contributed by atoms with Crippen molar-refractivity contribution >= 4 is 29.0 Å². The highest BCUT2D eigenvalue weighted by atomic mass is 35.5. The average Bonchev–Trinajstić information content (AvgIpc) is 2.22. The Hall–Kier alpha value is -1.25. The number of rotatable bonds is 1. The van der Waals surface area contributed by atoms with Crippen molar-refractivity contribution in [1.82, 2.24) is 4.98 Å². The zero-order valence-corrected chi connectivity index (χ0v) is 10.2. The van der Waals surface area contributed by atoms with Crippen LogP contribution in [-0.2, 0) is 0 Å². The van der Waals surface area contributed by atoms with Gasteiger partial charge in [0.2, 0.25) is 0 Å². The van der Waals surface area contributed by atoms with Crippen LogP contribution < -0.4 is 5.73 Å². The lowest BCUT2D eigenvalue weighted by molar-refractivity contribution is 1.29. The normalized spacial score (nSPS) is 10.4. The number of halogens is 2. The minimum absolute atomic E-state index is 0.515. The van der Waals surface area contributed by atoms with Gasteiger partial charge < -0.3 is 5.73 Å². The molecule has 1 heterocycles. The molecule has 0 spiro atoms. The molecule has 0 atom stereocenters. The minimum atomic E-state index is 0.515. The lowest BCUT2D eigenvalue weighted by atomic mass is 10.0. The topological polar surface area (TPSA) is 38.9 Å². The number of aryl methyl sites for hydroxylation is 1. The molecule has 2 aromatic rings. The molecule has 0 fully saturated rings. The van der Waals surface area contributed by atoms with Crippen molar-refractivity contribution in [2.24, 2.45) is 0 Å². The van der Waals surface area contributed by atoms with E-state index in [1.807, 2.05) is 25.1 Å². The van der Waals surface area contributed by atoms with Gasteiger partial charge >= 0.3 is 0 Å². The maximum Gasteiger partial charge on any atom is 0.123 e. The number of nitrogen functional groups attached to an aromatic ring is 1. The molecule has 2 N–H and O–H groups in total. The molecular weight excluding hydrogens is 243 g/mol. The molecular formula is C12H10Cl2N2. The van der Waals surface area contributed by atoms with Gasteiger partial charge in [-0.05, 0) is 36.2 Å². The van der Waals surface area contributed by atoms with E-state index in [4.69, 9.17) is 28.9 Å². The van der Waals surface area contributed by atoms with E-state index in [0.29, 0.717) is 15.9 Å². The summed E-state index contributed by atoms with van der Waals surface area (Å²) in [5.41, 5.74) is 8.66. The first-order valence-corrected chi connectivity index (χ1v) is 5.51. The van der Waals surface area contributed by atoms with Crippen LogP contribution in [0.25, 0.3) is 11.1 Å². The minimum Gasteiger partial charge on any atom is -0.384 e. The third kappa shape index (κ3) is 2.13. The smallest absolute Gasteiger partial charge is 0.123 e. The van der Waals surface area contributed by atoms with Crippen LogP contribution in [0.5, 0.6) is 0 Å². The molecule has 2 nitrogen and oxygen atoms in total. The lowest BCUT2D eigenvalue weighted by Crippen LogP contribution is -1.92. The zero-order valence-electron chi connectivity index (χ0n) is 8.67. The summed E-state index contributed by atoms with van der Waals surface area (Å²) in [4.78, 5) is 4.07. The first-order valence-electron chi connectivity index (χ1n) is 4.75. The van der Waals surface area contributed by atoms with Gasteiger partial charge in [0.05, 0.1) is 10.0 Å². The number of hydrogen-bond acceptors (Lipinski definition) is 2. The average molecular weight is 253 g/mol. The molecule has 0 radical (unpaired) electrons. The number of hydrogen-bond donors (Lipinski definition) is 1. The van der Waals surface area contributed by atoms with E-state index in [-0.39, 0.29) is 0 Å². The second-order valence-corrected chi connectivity index (χ2v) is 4.37. The van der Waals surface area contributed by atoms with E-state index in [1.165, 1.54) is 0 Å². The Balaban J connectivity index is 2.54. The van der Waals surface area contributed by atoms with Gasteiger partial charge in [0, 0.05) is 11.8 Å². The van der Waals surface area contributed by atoms with Gasteiger partial charge in [0.25, 0.3) is 0 Å². The van der Waals surface area contributed by atoms with Crippen molar-refractivity contribution in [3.8, 4) is 11.1 Å². The molecule has 0 aliphatic rings. The number of aromatic nitrogens is 1. The molecule has 0 saturated carbocycles. The Bertz CT molecular complexity index is 539. The maximum atomic E-state index is 5.97. The van der Waals surface area contributed by atoms with Crippen molar-refractivity contribution < 1.29 is 0 Å². The molecule has 16 heavy (non-hydrogen) atoms. The fourth-order valence-corrected chi connectivity index (χ4v) is 1.84. The van der Waals surface area contributed by atoms with Crippen LogP contribution in [0.4, 0.5) is 5.82 Å². The maximum absolute atomic E-state index is 5.97. The predicted octanol–water partition coefficient (Wildman–Crippen LogP) is 3.95. The molecule has 0 aliphatic carbocycles. The number of nitrogens with two attached hydrogens (primary N) is 1. The molecule has 0 amide bonds. The van der Waals surface area contributed by atoms with Crippen molar-refractivity contribution in [2.45, 2.75) is 6.92 Å². The number of benzene rings is 1. The number of nitrogens with zero attached hydrogens (tertiary/aromatic N) is 1. The summed E-state index contributed by atoms with van der Waals surface area (Å²) in [6.07, 6.45) is 1.74. The quantitative estimate of drug-likeness (QED) is 0.835. The highest BCUT2D eigenvalue weighted by Gasteiger charge is 2.05. The number of pyridine rings is 1. The molecule has 0 saturated heterocycles. The monoisotopic (exact) mass is 252 g/mol. The van der Waals surface area contributed by atoms with Crippen LogP contribution >= 0.6 is 23.2 Å². The second kappa shape index (κ2) is 4.32. The van der Waals surface area contributed by atoms with Crippen molar-refractivity contribution in [2.75, 3.05) is 5.73 Å². The van der Waals surface area contributed by atoms with Gasteiger partial charge in [-0.2, -0.15) is 0 Å². The zero-order chi connectivity index (χ0) is 11.7. The Morgan fingerprint density at radius 2 is 1.88 bits per heavy atom. The van der Waals surface area contributed by atoms with Gasteiger partial charge in [-0.1, -0.05) is 29.3 Å². The Morgan fingerprint density at radius 3 is 2.50 bits per heavy atom. The molecule has 0 aliphatic heterocycles. The van der Waals surface area contributed by atoms with Gasteiger partial charge in [0.15, 0.2) is 0 Å². The van der Waals surface area contributed by atoms with E-state index in [9.17, 15) is 0 Å². The van der Waals surface area contributed by atoms with E-state index >= 15 is 0 Å². The molecule has 0 unspecified atom stereocenters. The SMILES string of the molecule is Cc1cc(N)ncc1-c1ccc(Cl)c(Cl)c1. The first kappa shape index (κ1) is 11.2. The second-order valence-electron chi connectivity index (χ2n) is 3.55. The molecule has 2 rings (SSSR count). The third-order valence-electron chi connectivity index (χ3n) is 2.36. The highest BCUT2D eigenvalue weighted by Crippen LogP contribution is 2.30. The lowest BCUT2D eigenvalue weighted by Gasteiger charge is -2.07. The van der Waals surface area contributed by atoms with Crippen molar-refractivity contribution in [3.05, 3.63) is 46.1 Å². The summed E-state index contributed by atoms with van der Waals surface area (Å²) in [5.74, 6) is 0.515. The van der Waals surface area contributed by atoms with Crippen LogP contribution in [0.2, 0.25) is 10.0 Å². The largest absolute Gasteiger partial charge is 0.384 e. The summed E-state index contributed by atoms with van der Waals surface area (Å²) in [7, 11) is 0. The van der Waals surface area contributed by atoms with Crippen molar-refractivity contribution in [1.29, 1.82) is 0 Å². The molecule has 82 valence electrons. The first-order chi connectivity index (χ1) is 7.58. The van der Waals surface area contributed by atoms with E-state index < -0.39 is 0 Å². The van der Waals surface area contributed by atoms with Gasteiger partial charge in [-0.25, -0.2) is 4.98 Å². The van der Waals surface area contributed by atoms with E-state index in [2.05, 4.69) is 4.98 Å². The van der Waals surface area contributed by atoms with Crippen molar-refractivity contribution in [3.63, 3.8) is 0 Å². The summed E-state index contributed by atoms with van der Waals surface area (Å²) < 4.78 is 0. The summed E-state index contributed by atoms with van der Waals surface area (Å²) in [5, 5.41) is 1.09. The number of anilines is 1. The van der Waals surface area contributed by atoms with Gasteiger partial charge in [-0.15, -0.1) is 0 Å². The van der Waals surface area contributed by atoms with Crippen LogP contribution in [0.3, 0.4) is 0 Å². The van der Waals surface area contributed by atoms with E-state index in [1.54, 1.807) is 12.3 Å². The van der Waals surface area contributed by atoms with Gasteiger partial charge in [-0.3, -0.25) is 0 Å². The fourth-order valence-electron chi connectivity index (χ4n) is 1.54. The summed E-state index contributed by atoms with van der Waals surface area (Å²) in [6.45, 7) is 1.98. The Morgan fingerprint density at radius 1 is 1.12 bits per heavy atom. The third-order valence-corrected chi connectivity index (χ3v) is 3.10. The standard InChI is InChI=1S/C12H10Cl2N2/c1-7-4-12(15)16-6-9(7)8-2-3-10(13)11(14)5-8/h2-6H,1H3,(H2,15,16). The fraction of sp³-hybridized carbons (Fsp3) is 0.0833. The van der Waals surface area contributed by atoms with Gasteiger partial charge in [0.1, 0.15) is 5.82 Å².